The van der Waals surface area contributed by atoms with Gasteiger partial charge in [0.1, 0.15) is 0 Å². The summed E-state index contributed by atoms with van der Waals surface area (Å²) < 4.78 is 26.9. The minimum absolute atomic E-state index is 0.0561. The van der Waals surface area contributed by atoms with Crippen LogP contribution in [0.2, 0.25) is 0 Å². The molecule has 3 rings (SSSR count). The third kappa shape index (κ3) is 3.72. The second-order valence-electron chi connectivity index (χ2n) is 6.61. The zero-order valence-electron chi connectivity index (χ0n) is 14.1. The average Bonchev–Trinajstić information content (AvgIpc) is 2.95. The van der Waals surface area contributed by atoms with Crippen molar-refractivity contribution in [2.75, 3.05) is 0 Å². The molecule has 1 N–H and O–H groups in total. The number of hydrogen-bond donors (Lipinski definition) is 1. The molecule has 1 unspecified atom stereocenters. The summed E-state index contributed by atoms with van der Waals surface area (Å²) in [7, 11) is -3.30. The molecule has 132 valence electrons. The van der Waals surface area contributed by atoms with Crippen molar-refractivity contribution in [3.63, 3.8) is 0 Å². The number of hydrogen-bond acceptors (Lipinski definition) is 4. The lowest BCUT2D eigenvalue weighted by molar-refractivity contribution is -0.384. The van der Waals surface area contributed by atoms with Crippen molar-refractivity contribution >= 4 is 15.7 Å². The second kappa shape index (κ2) is 6.57. The number of nitro groups is 1. The molecule has 2 aromatic carbocycles. The molecule has 1 aliphatic carbocycles. The molecule has 1 aliphatic rings. The van der Waals surface area contributed by atoms with E-state index in [0.29, 0.717) is 12.8 Å². The van der Waals surface area contributed by atoms with Crippen LogP contribution in [0.1, 0.15) is 25.0 Å². The summed E-state index contributed by atoms with van der Waals surface area (Å²) in [5, 5.41) is 10.5. The third-order valence-electron chi connectivity index (χ3n) is 4.48. The van der Waals surface area contributed by atoms with E-state index in [1.165, 1.54) is 6.07 Å². The molecular formula is C18H20N2O4S. The van der Waals surface area contributed by atoms with Gasteiger partial charge in [-0.15, -0.1) is 0 Å². The Bertz CT molecular complexity index is 922. The Morgan fingerprint density at radius 1 is 1.08 bits per heavy atom. The van der Waals surface area contributed by atoms with E-state index in [1.807, 2.05) is 24.3 Å². The van der Waals surface area contributed by atoms with E-state index in [2.05, 4.69) is 4.72 Å². The summed E-state index contributed by atoms with van der Waals surface area (Å²) in [6.45, 7) is 3.32. The van der Waals surface area contributed by atoms with E-state index in [-0.39, 0.29) is 11.7 Å². The van der Waals surface area contributed by atoms with E-state index in [9.17, 15) is 18.5 Å². The van der Waals surface area contributed by atoms with Crippen molar-refractivity contribution in [1.82, 2.24) is 4.72 Å². The Balaban J connectivity index is 1.83. The number of non-ortho nitro benzene ring substituents is 1. The van der Waals surface area contributed by atoms with E-state index in [1.54, 1.807) is 26.0 Å². The number of sulfonamides is 1. The van der Waals surface area contributed by atoms with Gasteiger partial charge in [-0.2, -0.15) is 0 Å². The number of fused-ring (bicyclic) bond motifs is 1. The Morgan fingerprint density at radius 3 is 2.44 bits per heavy atom. The van der Waals surface area contributed by atoms with Crippen molar-refractivity contribution in [3.05, 3.63) is 63.7 Å². The fraction of sp³-hybridized carbons (Fsp3) is 0.333. The van der Waals surface area contributed by atoms with Crippen LogP contribution in [-0.2, 0) is 22.9 Å². The van der Waals surface area contributed by atoms with Gasteiger partial charge < -0.3 is 0 Å². The maximum atomic E-state index is 12.1. The molecule has 2 aromatic rings. The first-order valence-corrected chi connectivity index (χ1v) is 9.68. The number of nitrogens with one attached hydrogen (secondary N) is 1. The molecule has 7 heteroatoms. The van der Waals surface area contributed by atoms with Gasteiger partial charge in [-0.25, -0.2) is 13.1 Å². The minimum Gasteiger partial charge on any atom is -0.258 e. The van der Waals surface area contributed by atoms with E-state index < -0.39 is 20.2 Å². The average molecular weight is 360 g/mol. The molecule has 0 radical (unpaired) electrons. The number of nitrogens with zero attached hydrogens (tertiary/aromatic N) is 1. The summed E-state index contributed by atoms with van der Waals surface area (Å²) in [6.07, 6.45) is 1.29. The number of nitro benzene ring substituents is 1. The molecule has 0 aliphatic heterocycles. The van der Waals surface area contributed by atoms with Gasteiger partial charge in [0.15, 0.2) is 0 Å². The van der Waals surface area contributed by atoms with Crippen molar-refractivity contribution in [1.29, 1.82) is 0 Å². The van der Waals surface area contributed by atoms with Gasteiger partial charge in [0.25, 0.3) is 5.69 Å². The standard InChI is InChI=1S/C18H20N2O4S/c1-12(2)25(23,24)19-17-9-15-7-6-14(8-16(15)10-17)13-4-3-5-18(11-13)20(21)22/h3-8,11-12,17,19H,9-10H2,1-2H3. The Kier molecular flexibility index (Phi) is 4.62. The van der Waals surface area contributed by atoms with Crippen LogP contribution in [-0.4, -0.2) is 24.6 Å². The molecule has 0 spiro atoms. The van der Waals surface area contributed by atoms with E-state index in [4.69, 9.17) is 0 Å². The lowest BCUT2D eigenvalue weighted by atomic mass is 10.0. The molecule has 0 aromatic heterocycles. The highest BCUT2D eigenvalue weighted by Crippen LogP contribution is 2.30. The highest BCUT2D eigenvalue weighted by molar-refractivity contribution is 7.90. The van der Waals surface area contributed by atoms with Gasteiger partial charge in [0.05, 0.1) is 10.2 Å². The number of benzene rings is 2. The highest BCUT2D eigenvalue weighted by Gasteiger charge is 2.27. The molecule has 0 amide bonds. The van der Waals surface area contributed by atoms with Crippen LogP contribution < -0.4 is 4.72 Å². The Hall–Kier alpha value is -2.25. The first-order chi connectivity index (χ1) is 11.8. The third-order valence-corrected chi connectivity index (χ3v) is 6.38. The van der Waals surface area contributed by atoms with E-state index >= 15 is 0 Å². The maximum Gasteiger partial charge on any atom is 0.270 e. The molecule has 0 fully saturated rings. The van der Waals surface area contributed by atoms with Crippen LogP contribution >= 0.6 is 0 Å². The minimum atomic E-state index is -3.30. The van der Waals surface area contributed by atoms with Crippen LogP contribution in [0.25, 0.3) is 11.1 Å². The predicted molar refractivity (Wildman–Crippen MR) is 96.9 cm³/mol. The SMILES string of the molecule is CC(C)S(=O)(=O)NC1Cc2ccc(-c3cccc([N+](=O)[O-])c3)cc2C1. The van der Waals surface area contributed by atoms with Crippen molar-refractivity contribution in [2.24, 2.45) is 0 Å². The molecule has 25 heavy (non-hydrogen) atoms. The summed E-state index contributed by atoms with van der Waals surface area (Å²) in [6, 6.07) is 12.3. The number of rotatable bonds is 5. The summed E-state index contributed by atoms with van der Waals surface area (Å²) >= 11 is 0. The first kappa shape index (κ1) is 17.6. The maximum absolute atomic E-state index is 12.1. The van der Waals surface area contributed by atoms with Gasteiger partial charge in [-0.05, 0) is 48.9 Å². The molecular weight excluding hydrogens is 340 g/mol. The Morgan fingerprint density at radius 2 is 1.76 bits per heavy atom. The molecule has 0 bridgehead atoms. The van der Waals surface area contributed by atoms with Crippen molar-refractivity contribution in [2.45, 2.75) is 38.0 Å². The zero-order valence-corrected chi connectivity index (χ0v) is 14.9. The van der Waals surface area contributed by atoms with Gasteiger partial charge in [-0.3, -0.25) is 10.1 Å². The normalized spacial score (nSPS) is 16.8. The van der Waals surface area contributed by atoms with Gasteiger partial charge in [0.2, 0.25) is 10.0 Å². The quantitative estimate of drug-likeness (QED) is 0.655. The zero-order chi connectivity index (χ0) is 18.2. The van der Waals surface area contributed by atoms with Crippen LogP contribution in [0.3, 0.4) is 0 Å². The molecule has 0 saturated carbocycles. The van der Waals surface area contributed by atoms with E-state index in [0.717, 1.165) is 22.3 Å². The van der Waals surface area contributed by atoms with Crippen molar-refractivity contribution in [3.8, 4) is 11.1 Å². The summed E-state index contributed by atoms with van der Waals surface area (Å²) in [4.78, 5) is 10.5. The largest absolute Gasteiger partial charge is 0.270 e. The molecule has 6 nitrogen and oxygen atoms in total. The smallest absolute Gasteiger partial charge is 0.258 e. The van der Waals surface area contributed by atoms with Crippen LogP contribution in [0, 0.1) is 10.1 Å². The topological polar surface area (TPSA) is 89.3 Å². The fourth-order valence-electron chi connectivity index (χ4n) is 3.05. The van der Waals surface area contributed by atoms with Crippen LogP contribution in [0.15, 0.2) is 42.5 Å². The molecule has 0 saturated heterocycles. The first-order valence-electron chi connectivity index (χ1n) is 8.14. The monoisotopic (exact) mass is 360 g/mol. The Labute approximate surface area is 147 Å². The summed E-state index contributed by atoms with van der Waals surface area (Å²) in [5.74, 6) is 0. The molecule has 0 heterocycles. The second-order valence-corrected chi connectivity index (χ2v) is 8.88. The van der Waals surface area contributed by atoms with Crippen molar-refractivity contribution < 1.29 is 13.3 Å². The highest BCUT2D eigenvalue weighted by atomic mass is 32.2. The lowest BCUT2D eigenvalue weighted by Crippen LogP contribution is -2.39. The van der Waals surface area contributed by atoms with Crippen LogP contribution in [0.4, 0.5) is 5.69 Å². The van der Waals surface area contributed by atoms with Crippen LogP contribution in [0.5, 0.6) is 0 Å². The summed E-state index contributed by atoms with van der Waals surface area (Å²) in [5.41, 5.74) is 3.93. The molecule has 1 atom stereocenters. The fourth-order valence-corrected chi connectivity index (χ4v) is 3.95. The van der Waals surface area contributed by atoms with Gasteiger partial charge in [-0.1, -0.05) is 30.3 Å². The van der Waals surface area contributed by atoms with Gasteiger partial charge >= 0.3 is 0 Å². The predicted octanol–water partition coefficient (Wildman–Crippen LogP) is 3.06. The van der Waals surface area contributed by atoms with Gasteiger partial charge in [0, 0.05) is 18.2 Å². The lowest BCUT2D eigenvalue weighted by Gasteiger charge is -2.14.